The lowest BCUT2D eigenvalue weighted by atomic mass is 9.97. The van der Waals surface area contributed by atoms with E-state index in [1.807, 2.05) is 12.1 Å². The van der Waals surface area contributed by atoms with Crippen LogP contribution in [0.3, 0.4) is 0 Å². The molecule has 0 aliphatic rings. The summed E-state index contributed by atoms with van der Waals surface area (Å²) in [6.45, 7) is 15.8. The molecule has 0 saturated heterocycles. The molecule has 13 heteroatoms. The van der Waals surface area contributed by atoms with Gasteiger partial charge in [-0.1, -0.05) is 19.6 Å². The molecule has 36 heavy (non-hydrogen) atoms. The van der Waals surface area contributed by atoms with Crippen molar-refractivity contribution in [1.29, 1.82) is 10.5 Å². The average molecular weight is 543 g/mol. The molecule has 0 spiro atoms. The Morgan fingerprint density at radius 2 is 1.11 bits per heavy atom. The largest absolute Gasteiger partial charge is 0.540 e. The van der Waals surface area contributed by atoms with Crippen LogP contribution < -0.4 is 0 Å². The molecule has 0 fully saturated rings. The first-order chi connectivity index (χ1) is 16.7. The van der Waals surface area contributed by atoms with Gasteiger partial charge >= 0.3 is 20.7 Å². The minimum atomic E-state index is -3.14. The molecule has 11 nitrogen and oxygen atoms in total. The van der Waals surface area contributed by atoms with Crippen molar-refractivity contribution in [2.45, 2.75) is 91.0 Å². The molecule has 0 bridgehead atoms. The second-order valence-corrected chi connectivity index (χ2v) is 17.8. The number of esters is 2. The maximum Gasteiger partial charge on any atom is 0.540 e. The van der Waals surface area contributed by atoms with Gasteiger partial charge in [0, 0.05) is 32.7 Å². The van der Waals surface area contributed by atoms with Gasteiger partial charge in [-0.2, -0.15) is 20.8 Å². The maximum atomic E-state index is 12.4. The van der Waals surface area contributed by atoms with Crippen molar-refractivity contribution in [3.63, 3.8) is 0 Å². The second kappa shape index (κ2) is 15.8. The van der Waals surface area contributed by atoms with Crippen LogP contribution in [0.1, 0.15) is 60.3 Å². The zero-order valence-electron chi connectivity index (χ0n) is 23.0. The van der Waals surface area contributed by atoms with E-state index < -0.39 is 39.9 Å². The summed E-state index contributed by atoms with van der Waals surface area (Å²) in [4.78, 5) is 24.4. The molecule has 0 saturated carbocycles. The van der Waals surface area contributed by atoms with E-state index in [9.17, 15) is 20.1 Å². The third kappa shape index (κ3) is 13.8. The minimum Gasteiger partial charge on any atom is -0.469 e. The number of carbonyl (C=O) groups is 2. The highest BCUT2D eigenvalue weighted by Crippen LogP contribution is 2.24. The van der Waals surface area contributed by atoms with Crippen LogP contribution >= 0.6 is 0 Å². The normalized spacial score (nSPS) is 15.4. The smallest absolute Gasteiger partial charge is 0.469 e. The number of nitrogens with zero attached hydrogens (tertiary/aromatic N) is 4. The fraction of sp³-hybridized carbons (Fsp3) is 0.826. The fourth-order valence-corrected chi connectivity index (χ4v) is 5.44. The standard InChI is InChI=1S/C23H42N4O7Si2/c1-9-32-36(33-10-2,34-11-3)19-31-21(29)13-15-23(5,17-25)27-26-22(4,16-24)14-12-20(28)30-18-35(6,7)8/h9-15,18-19H2,1-8H3. The number of hydrogen-bond donors (Lipinski definition) is 0. The fourth-order valence-electron chi connectivity index (χ4n) is 2.69. The summed E-state index contributed by atoms with van der Waals surface area (Å²) in [6, 6.07) is 4.08. The Balaban J connectivity index is 5.04. The quantitative estimate of drug-likeness (QED) is 0.141. The molecule has 0 aromatic heterocycles. The zero-order valence-corrected chi connectivity index (χ0v) is 25.0. The Hall–Kier alpha value is -2.17. The molecule has 0 aliphatic carbocycles. The summed E-state index contributed by atoms with van der Waals surface area (Å²) in [5, 5.41) is 27.4. The van der Waals surface area contributed by atoms with Gasteiger partial charge < -0.3 is 22.8 Å². The second-order valence-electron chi connectivity index (χ2n) is 9.84. The molecule has 0 rings (SSSR count). The Morgan fingerprint density at radius 1 is 0.750 bits per heavy atom. The van der Waals surface area contributed by atoms with Crippen LogP contribution in [0.15, 0.2) is 10.2 Å². The van der Waals surface area contributed by atoms with E-state index in [4.69, 9.17) is 22.8 Å². The van der Waals surface area contributed by atoms with Crippen molar-refractivity contribution in [2.24, 2.45) is 10.2 Å². The Morgan fingerprint density at radius 3 is 1.42 bits per heavy atom. The predicted octanol–water partition coefficient (Wildman–Crippen LogP) is 4.11. The monoisotopic (exact) mass is 542 g/mol. The summed E-state index contributed by atoms with van der Waals surface area (Å²) in [5.41, 5.74) is -2.67. The number of carbonyl (C=O) groups excluding carboxylic acids is 2. The van der Waals surface area contributed by atoms with E-state index in [0.717, 1.165) is 0 Å². The Kier molecular flexibility index (Phi) is 14.9. The molecule has 0 aliphatic heterocycles. The third-order valence-electron chi connectivity index (χ3n) is 4.77. The lowest BCUT2D eigenvalue weighted by molar-refractivity contribution is -0.144. The van der Waals surface area contributed by atoms with Crippen LogP contribution in [-0.2, 0) is 32.3 Å². The Labute approximate surface area is 217 Å². The van der Waals surface area contributed by atoms with Gasteiger partial charge in [-0.15, -0.1) is 0 Å². The minimum absolute atomic E-state index is 0.00822. The summed E-state index contributed by atoms with van der Waals surface area (Å²) in [6.07, 6.45) is 0.297. The van der Waals surface area contributed by atoms with Gasteiger partial charge in [-0.3, -0.25) is 9.59 Å². The van der Waals surface area contributed by atoms with Crippen LogP contribution in [-0.4, -0.2) is 72.2 Å². The van der Waals surface area contributed by atoms with Crippen LogP contribution in [0, 0.1) is 22.7 Å². The molecule has 0 amide bonds. The van der Waals surface area contributed by atoms with Gasteiger partial charge in [0.25, 0.3) is 0 Å². The number of azo groups is 1. The van der Waals surface area contributed by atoms with Gasteiger partial charge in [0.05, 0.1) is 26.4 Å². The van der Waals surface area contributed by atoms with Gasteiger partial charge in [0.2, 0.25) is 0 Å². The lowest BCUT2D eigenvalue weighted by Crippen LogP contribution is -2.51. The molecule has 204 valence electrons. The lowest BCUT2D eigenvalue weighted by Gasteiger charge is -2.27. The number of ether oxygens (including phenoxy) is 2. The van der Waals surface area contributed by atoms with Crippen molar-refractivity contribution in [1.82, 2.24) is 0 Å². The van der Waals surface area contributed by atoms with Crippen molar-refractivity contribution in [3.05, 3.63) is 0 Å². The summed E-state index contributed by atoms with van der Waals surface area (Å²) >= 11 is 0. The molecular weight excluding hydrogens is 500 g/mol. The molecule has 2 unspecified atom stereocenters. The average Bonchev–Trinajstić information content (AvgIpc) is 2.82. The first-order valence-corrected chi connectivity index (χ1v) is 17.8. The van der Waals surface area contributed by atoms with Crippen molar-refractivity contribution in [3.8, 4) is 12.1 Å². The predicted molar refractivity (Wildman–Crippen MR) is 137 cm³/mol. The van der Waals surface area contributed by atoms with Crippen LogP contribution in [0.25, 0.3) is 0 Å². The number of nitriles is 2. The highest BCUT2D eigenvalue weighted by atomic mass is 28.4. The first-order valence-electron chi connectivity index (χ1n) is 12.2. The van der Waals surface area contributed by atoms with E-state index in [1.165, 1.54) is 13.8 Å². The van der Waals surface area contributed by atoms with Crippen molar-refractivity contribution >= 4 is 28.8 Å². The molecule has 0 heterocycles. The summed E-state index contributed by atoms with van der Waals surface area (Å²) in [7, 11) is -4.68. The van der Waals surface area contributed by atoms with Crippen molar-refractivity contribution in [2.75, 3.05) is 32.3 Å². The zero-order chi connectivity index (χ0) is 27.9. The number of hydrogen-bond acceptors (Lipinski definition) is 11. The first kappa shape index (κ1) is 33.8. The van der Waals surface area contributed by atoms with E-state index in [1.54, 1.807) is 20.8 Å². The Bertz CT molecular complexity index is 806. The molecule has 2 atom stereocenters. The van der Waals surface area contributed by atoms with E-state index >= 15 is 0 Å². The van der Waals surface area contributed by atoms with E-state index in [0.29, 0.717) is 26.1 Å². The topological polar surface area (TPSA) is 153 Å². The summed E-state index contributed by atoms with van der Waals surface area (Å²) in [5.74, 6) is -0.957. The van der Waals surface area contributed by atoms with Crippen LogP contribution in [0.4, 0.5) is 0 Å². The molecule has 0 N–H and O–H groups in total. The van der Waals surface area contributed by atoms with Gasteiger partial charge in [-0.25, -0.2) is 0 Å². The van der Waals surface area contributed by atoms with E-state index in [-0.39, 0.29) is 31.9 Å². The SMILES string of the molecule is CCO[Si](COC(=O)CCC(C)(C#N)N=NC(C)(C#N)CCC(=O)OC[Si](C)(C)C)(OCC)OCC. The van der Waals surface area contributed by atoms with Crippen LogP contribution in [0.2, 0.25) is 19.6 Å². The molecular formula is C23H42N4O7Si2. The van der Waals surface area contributed by atoms with Gasteiger partial charge in [-0.05, 0) is 47.5 Å². The van der Waals surface area contributed by atoms with Gasteiger partial charge in [0.1, 0.15) is 0 Å². The van der Waals surface area contributed by atoms with Crippen molar-refractivity contribution < 1.29 is 32.3 Å². The number of rotatable bonds is 18. The molecule has 0 aromatic rings. The molecule has 0 radical (unpaired) electrons. The maximum absolute atomic E-state index is 12.4. The highest BCUT2D eigenvalue weighted by Gasteiger charge is 2.43. The van der Waals surface area contributed by atoms with Gasteiger partial charge in [0.15, 0.2) is 17.3 Å². The van der Waals surface area contributed by atoms with E-state index in [2.05, 4.69) is 29.9 Å². The summed E-state index contributed by atoms with van der Waals surface area (Å²) < 4.78 is 27.6. The molecule has 0 aromatic carbocycles. The third-order valence-corrected chi connectivity index (χ3v) is 8.47. The highest BCUT2D eigenvalue weighted by molar-refractivity contribution is 6.76. The van der Waals surface area contributed by atoms with Crippen LogP contribution in [0.5, 0.6) is 0 Å².